The van der Waals surface area contributed by atoms with Crippen LogP contribution in [0.1, 0.15) is 10.4 Å². The first kappa shape index (κ1) is 14.1. The summed E-state index contributed by atoms with van der Waals surface area (Å²) in [6, 6.07) is 1.08. The highest BCUT2D eigenvalue weighted by molar-refractivity contribution is 6.32. The van der Waals surface area contributed by atoms with Crippen molar-refractivity contribution in [3.8, 4) is 0 Å². The second kappa shape index (κ2) is 6.67. The lowest BCUT2D eigenvalue weighted by Gasteiger charge is -2.03. The number of carbonyl (C=O) groups is 1. The number of pyridine rings is 1. The maximum Gasteiger partial charge on any atom is 0.288 e. The normalized spacial score (nSPS) is 10.6. The van der Waals surface area contributed by atoms with Gasteiger partial charge < -0.3 is 11.1 Å². The number of amides is 1. The number of hydrogen-bond donors (Lipinski definition) is 2. The molecule has 0 unspecified atom stereocenters. The Balaban J connectivity index is 2.81. The molecule has 0 aromatic carbocycles. The van der Waals surface area contributed by atoms with Gasteiger partial charge >= 0.3 is 0 Å². The lowest BCUT2D eigenvalue weighted by atomic mass is 10.2. The van der Waals surface area contributed by atoms with Crippen LogP contribution >= 0.6 is 11.6 Å². The van der Waals surface area contributed by atoms with Gasteiger partial charge in [0.05, 0.1) is 10.5 Å². The monoisotopic (exact) mass is 270 g/mol. The third-order valence-electron chi connectivity index (χ3n) is 1.96. The number of aromatic nitrogens is 1. The molecule has 1 aromatic rings. The SMILES string of the molecule is NC/C=C/CNC(=O)c1cc([N+](=O)[O-])cnc1Cl. The zero-order valence-corrected chi connectivity index (χ0v) is 10.1. The number of nitrogens with zero attached hydrogens (tertiary/aromatic N) is 2. The van der Waals surface area contributed by atoms with E-state index >= 15 is 0 Å². The average Bonchev–Trinajstić information content (AvgIpc) is 2.34. The van der Waals surface area contributed by atoms with Gasteiger partial charge in [0.2, 0.25) is 0 Å². The Kier molecular flexibility index (Phi) is 5.22. The van der Waals surface area contributed by atoms with Crippen LogP contribution in [-0.4, -0.2) is 28.9 Å². The Bertz CT molecular complexity index is 490. The maximum absolute atomic E-state index is 11.7. The van der Waals surface area contributed by atoms with E-state index in [0.29, 0.717) is 6.54 Å². The molecule has 7 nitrogen and oxygen atoms in total. The molecule has 0 fully saturated rings. The van der Waals surface area contributed by atoms with Crippen LogP contribution < -0.4 is 11.1 Å². The summed E-state index contributed by atoms with van der Waals surface area (Å²) < 4.78 is 0. The Hall–Kier alpha value is -1.99. The lowest BCUT2D eigenvalue weighted by molar-refractivity contribution is -0.385. The van der Waals surface area contributed by atoms with Gasteiger partial charge in [-0.3, -0.25) is 14.9 Å². The molecule has 96 valence electrons. The summed E-state index contributed by atoms with van der Waals surface area (Å²) in [6.45, 7) is 0.629. The molecule has 0 aliphatic rings. The van der Waals surface area contributed by atoms with E-state index in [1.54, 1.807) is 12.2 Å². The van der Waals surface area contributed by atoms with Gasteiger partial charge in [0, 0.05) is 19.2 Å². The Morgan fingerprint density at radius 2 is 2.33 bits per heavy atom. The minimum Gasteiger partial charge on any atom is -0.348 e. The third-order valence-corrected chi connectivity index (χ3v) is 2.26. The second-order valence-corrected chi connectivity index (χ2v) is 3.56. The highest BCUT2D eigenvalue weighted by atomic mass is 35.5. The van der Waals surface area contributed by atoms with Gasteiger partial charge in [0.15, 0.2) is 0 Å². The van der Waals surface area contributed by atoms with Gasteiger partial charge in [-0.25, -0.2) is 4.98 Å². The molecule has 0 radical (unpaired) electrons. The molecular weight excluding hydrogens is 260 g/mol. The van der Waals surface area contributed by atoms with Crippen LogP contribution in [0.25, 0.3) is 0 Å². The maximum atomic E-state index is 11.7. The molecule has 1 heterocycles. The van der Waals surface area contributed by atoms with E-state index in [-0.39, 0.29) is 22.9 Å². The second-order valence-electron chi connectivity index (χ2n) is 3.21. The summed E-state index contributed by atoms with van der Waals surface area (Å²) in [7, 11) is 0. The standard InChI is InChI=1S/C10H11ClN4O3/c11-9-8(5-7(6-14-9)15(17)18)10(16)13-4-2-1-3-12/h1-2,5-6H,3-4,12H2,(H,13,16)/b2-1+. The smallest absolute Gasteiger partial charge is 0.288 e. The fourth-order valence-corrected chi connectivity index (χ4v) is 1.31. The predicted molar refractivity (Wildman–Crippen MR) is 66.4 cm³/mol. The van der Waals surface area contributed by atoms with Gasteiger partial charge in [0.1, 0.15) is 11.3 Å². The van der Waals surface area contributed by atoms with Gasteiger partial charge in [-0.2, -0.15) is 0 Å². The van der Waals surface area contributed by atoms with E-state index in [1.807, 2.05) is 0 Å². The molecule has 0 saturated heterocycles. The summed E-state index contributed by atoms with van der Waals surface area (Å²) in [4.78, 5) is 25.2. The van der Waals surface area contributed by atoms with Crippen molar-refractivity contribution >= 4 is 23.2 Å². The number of hydrogen-bond acceptors (Lipinski definition) is 5. The topological polar surface area (TPSA) is 111 Å². The molecule has 0 saturated carbocycles. The number of rotatable bonds is 5. The van der Waals surface area contributed by atoms with Crippen LogP contribution in [0.3, 0.4) is 0 Å². The van der Waals surface area contributed by atoms with Crippen molar-refractivity contribution in [3.05, 3.63) is 45.2 Å². The van der Waals surface area contributed by atoms with Crippen LogP contribution in [0, 0.1) is 10.1 Å². The van der Waals surface area contributed by atoms with E-state index in [9.17, 15) is 14.9 Å². The summed E-state index contributed by atoms with van der Waals surface area (Å²) in [5, 5.41) is 13.0. The predicted octanol–water partition coefficient (Wildman–Crippen LogP) is 0.888. The first-order valence-corrected chi connectivity index (χ1v) is 5.37. The zero-order chi connectivity index (χ0) is 13.5. The fraction of sp³-hybridized carbons (Fsp3) is 0.200. The molecule has 1 rings (SSSR count). The largest absolute Gasteiger partial charge is 0.348 e. The van der Waals surface area contributed by atoms with Crippen molar-refractivity contribution in [3.63, 3.8) is 0 Å². The first-order valence-electron chi connectivity index (χ1n) is 4.99. The van der Waals surface area contributed by atoms with Crippen LogP contribution in [0.15, 0.2) is 24.4 Å². The van der Waals surface area contributed by atoms with Gasteiger partial charge in [-0.15, -0.1) is 0 Å². The number of nitrogens with one attached hydrogen (secondary N) is 1. The molecule has 0 aliphatic carbocycles. The molecule has 0 atom stereocenters. The van der Waals surface area contributed by atoms with E-state index in [2.05, 4.69) is 10.3 Å². The van der Waals surface area contributed by atoms with E-state index in [4.69, 9.17) is 17.3 Å². The molecule has 3 N–H and O–H groups in total. The number of nitrogens with two attached hydrogens (primary N) is 1. The Morgan fingerprint density at radius 1 is 1.61 bits per heavy atom. The summed E-state index contributed by atoms with van der Waals surface area (Å²) in [6.07, 6.45) is 4.33. The quantitative estimate of drug-likeness (QED) is 0.357. The molecule has 1 amide bonds. The molecule has 1 aromatic heterocycles. The Morgan fingerprint density at radius 3 is 2.94 bits per heavy atom. The van der Waals surface area contributed by atoms with E-state index < -0.39 is 10.8 Å². The van der Waals surface area contributed by atoms with Crippen molar-refractivity contribution in [2.75, 3.05) is 13.1 Å². The van der Waals surface area contributed by atoms with Crippen molar-refractivity contribution in [1.29, 1.82) is 0 Å². The molecule has 0 spiro atoms. The zero-order valence-electron chi connectivity index (χ0n) is 9.30. The van der Waals surface area contributed by atoms with Gasteiger partial charge in [0.25, 0.3) is 11.6 Å². The molecule has 0 bridgehead atoms. The number of carbonyl (C=O) groups excluding carboxylic acids is 1. The number of nitro groups is 1. The van der Waals surface area contributed by atoms with Crippen molar-refractivity contribution in [2.24, 2.45) is 5.73 Å². The van der Waals surface area contributed by atoms with Crippen LogP contribution in [-0.2, 0) is 0 Å². The van der Waals surface area contributed by atoms with Crippen LogP contribution in [0.4, 0.5) is 5.69 Å². The van der Waals surface area contributed by atoms with Crippen LogP contribution in [0.5, 0.6) is 0 Å². The van der Waals surface area contributed by atoms with E-state index in [1.165, 1.54) is 0 Å². The number of halogens is 1. The Labute approximate surface area is 108 Å². The summed E-state index contributed by atoms with van der Waals surface area (Å²) >= 11 is 5.70. The average molecular weight is 271 g/mol. The minimum absolute atomic E-state index is 0.0352. The molecule has 18 heavy (non-hydrogen) atoms. The highest BCUT2D eigenvalue weighted by Gasteiger charge is 2.16. The minimum atomic E-state index is -0.644. The highest BCUT2D eigenvalue weighted by Crippen LogP contribution is 2.18. The van der Waals surface area contributed by atoms with E-state index in [0.717, 1.165) is 12.3 Å². The molecular formula is C10H11ClN4O3. The summed E-state index contributed by atoms with van der Waals surface area (Å²) in [5.41, 5.74) is 4.90. The third kappa shape index (κ3) is 3.79. The van der Waals surface area contributed by atoms with Crippen molar-refractivity contribution in [2.45, 2.75) is 0 Å². The molecule has 0 aliphatic heterocycles. The summed E-state index contributed by atoms with van der Waals surface area (Å²) in [5.74, 6) is -0.530. The van der Waals surface area contributed by atoms with Gasteiger partial charge in [-0.1, -0.05) is 23.8 Å². The lowest BCUT2D eigenvalue weighted by Crippen LogP contribution is -2.24. The fourth-order valence-electron chi connectivity index (χ4n) is 1.12. The first-order chi connectivity index (χ1) is 8.56. The van der Waals surface area contributed by atoms with Gasteiger partial charge in [-0.05, 0) is 0 Å². The van der Waals surface area contributed by atoms with Crippen LogP contribution in [0.2, 0.25) is 5.15 Å². The molecule has 8 heteroatoms. The van der Waals surface area contributed by atoms with Crippen molar-refractivity contribution in [1.82, 2.24) is 10.3 Å². The van der Waals surface area contributed by atoms with Crippen molar-refractivity contribution < 1.29 is 9.72 Å².